The van der Waals surface area contributed by atoms with E-state index in [1.165, 1.54) is 17.0 Å². The minimum Gasteiger partial charge on any atom is -0.202 e. The lowest BCUT2D eigenvalue weighted by Gasteiger charge is -2.10. The highest BCUT2D eigenvalue weighted by Crippen LogP contribution is 2.31. The van der Waals surface area contributed by atoms with Crippen LogP contribution in [-0.4, -0.2) is 0 Å². The van der Waals surface area contributed by atoms with Gasteiger partial charge < -0.3 is 0 Å². The van der Waals surface area contributed by atoms with Crippen LogP contribution in [0.1, 0.15) is 17.4 Å². The summed E-state index contributed by atoms with van der Waals surface area (Å²) < 4.78 is 26.0. The Kier molecular flexibility index (Phi) is 2.80. The Bertz CT molecular complexity index is 477. The second kappa shape index (κ2) is 3.98. The molecule has 0 aliphatic rings. The molecule has 0 saturated heterocycles. The predicted octanol–water partition coefficient (Wildman–Crippen LogP) is 4.84. The summed E-state index contributed by atoms with van der Waals surface area (Å²) in [5.41, 5.74) is 1.05. The third kappa shape index (κ3) is 2.30. The molecule has 0 atom stereocenters. The van der Waals surface area contributed by atoms with Crippen LogP contribution in [0.2, 0.25) is 0 Å². The van der Waals surface area contributed by atoms with Gasteiger partial charge in [-0.1, -0.05) is 24.3 Å². The van der Waals surface area contributed by atoms with Crippen molar-refractivity contribution in [2.75, 3.05) is 0 Å². The fourth-order valence-corrected chi connectivity index (χ4v) is 2.39. The monoisotopic (exact) mass is 238 g/mol. The molecule has 0 bridgehead atoms. The highest BCUT2D eigenvalue weighted by Gasteiger charge is 2.23. The maximum absolute atomic E-state index is 13.0. The summed E-state index contributed by atoms with van der Waals surface area (Å²) in [4.78, 5) is 2.34. The summed E-state index contributed by atoms with van der Waals surface area (Å²) in [6.07, 6.45) is 0. The van der Waals surface area contributed by atoms with Gasteiger partial charge in [-0.05, 0) is 24.6 Å². The molecular weight excluding hydrogens is 226 g/mol. The van der Waals surface area contributed by atoms with E-state index in [-0.39, 0.29) is 5.56 Å². The Hall–Kier alpha value is -1.22. The van der Waals surface area contributed by atoms with E-state index >= 15 is 0 Å². The number of halogens is 2. The lowest BCUT2D eigenvalue weighted by Crippen LogP contribution is -2.06. The summed E-state index contributed by atoms with van der Waals surface area (Å²) in [6.45, 7) is 2.94. The molecule has 1 aromatic carbocycles. The zero-order valence-corrected chi connectivity index (χ0v) is 9.94. The molecule has 0 aliphatic heterocycles. The van der Waals surface area contributed by atoms with E-state index in [0.29, 0.717) is 0 Å². The summed E-state index contributed by atoms with van der Waals surface area (Å²) in [7, 11) is 0. The van der Waals surface area contributed by atoms with Gasteiger partial charge in [0.25, 0.3) is 5.92 Å². The van der Waals surface area contributed by atoms with Gasteiger partial charge in [0, 0.05) is 22.2 Å². The molecule has 0 nitrogen and oxygen atoms in total. The van der Waals surface area contributed by atoms with Crippen molar-refractivity contribution >= 4 is 11.3 Å². The van der Waals surface area contributed by atoms with Crippen molar-refractivity contribution in [1.29, 1.82) is 0 Å². The fraction of sp³-hybridized carbons (Fsp3) is 0.231. The van der Waals surface area contributed by atoms with Crippen LogP contribution in [0.25, 0.3) is 10.4 Å². The minimum atomic E-state index is -2.76. The third-order valence-corrected chi connectivity index (χ3v) is 3.47. The van der Waals surface area contributed by atoms with Crippen LogP contribution < -0.4 is 0 Å². The zero-order valence-electron chi connectivity index (χ0n) is 9.13. The molecule has 1 heterocycles. The van der Waals surface area contributed by atoms with Crippen LogP contribution >= 0.6 is 11.3 Å². The highest BCUT2D eigenvalue weighted by atomic mass is 32.1. The standard InChI is InChI=1S/C13H12F2S/c1-9-3-8-12(16-9)10-4-6-11(7-5-10)13(2,14)15/h3-8H,1-2H3. The van der Waals surface area contributed by atoms with Crippen LogP contribution in [0.5, 0.6) is 0 Å². The quantitative estimate of drug-likeness (QED) is 0.702. The average molecular weight is 238 g/mol. The van der Waals surface area contributed by atoms with E-state index in [1.54, 1.807) is 23.5 Å². The third-order valence-electron chi connectivity index (χ3n) is 2.42. The highest BCUT2D eigenvalue weighted by molar-refractivity contribution is 7.15. The Labute approximate surface area is 97.6 Å². The first-order chi connectivity index (χ1) is 7.47. The van der Waals surface area contributed by atoms with Crippen LogP contribution in [0.3, 0.4) is 0 Å². The first kappa shape index (κ1) is 11.3. The van der Waals surface area contributed by atoms with Gasteiger partial charge in [-0.15, -0.1) is 11.3 Å². The maximum Gasteiger partial charge on any atom is 0.270 e. The molecule has 3 heteroatoms. The predicted molar refractivity (Wildman–Crippen MR) is 64.1 cm³/mol. The normalized spacial score (nSPS) is 11.8. The molecule has 0 saturated carbocycles. The van der Waals surface area contributed by atoms with Gasteiger partial charge in [-0.2, -0.15) is 0 Å². The number of aryl methyl sites for hydroxylation is 1. The van der Waals surface area contributed by atoms with Crippen LogP contribution in [0.15, 0.2) is 36.4 Å². The van der Waals surface area contributed by atoms with Crippen molar-refractivity contribution in [2.24, 2.45) is 0 Å². The maximum atomic E-state index is 13.0. The fourth-order valence-electron chi connectivity index (χ4n) is 1.52. The van der Waals surface area contributed by atoms with Crippen molar-refractivity contribution in [3.63, 3.8) is 0 Å². The second-order valence-corrected chi connectivity index (χ2v) is 5.16. The summed E-state index contributed by atoms with van der Waals surface area (Å²) in [5, 5.41) is 0. The molecule has 0 N–H and O–H groups in total. The Morgan fingerprint density at radius 3 is 2.06 bits per heavy atom. The Morgan fingerprint density at radius 1 is 1.00 bits per heavy atom. The largest absolute Gasteiger partial charge is 0.270 e. The van der Waals surface area contributed by atoms with E-state index in [2.05, 4.69) is 0 Å². The Morgan fingerprint density at radius 2 is 1.62 bits per heavy atom. The first-order valence-electron chi connectivity index (χ1n) is 5.02. The van der Waals surface area contributed by atoms with E-state index < -0.39 is 5.92 Å². The molecule has 0 amide bonds. The SMILES string of the molecule is Cc1ccc(-c2ccc(C(C)(F)F)cc2)s1. The van der Waals surface area contributed by atoms with Crippen LogP contribution in [-0.2, 0) is 5.92 Å². The van der Waals surface area contributed by atoms with Crippen molar-refractivity contribution < 1.29 is 8.78 Å². The first-order valence-corrected chi connectivity index (χ1v) is 5.83. The van der Waals surface area contributed by atoms with Crippen LogP contribution in [0, 0.1) is 6.92 Å². The summed E-state index contributed by atoms with van der Waals surface area (Å²) in [5.74, 6) is -2.76. The molecule has 0 aliphatic carbocycles. The zero-order chi connectivity index (χ0) is 11.8. The number of thiophene rings is 1. The molecule has 0 spiro atoms. The smallest absolute Gasteiger partial charge is 0.202 e. The van der Waals surface area contributed by atoms with Gasteiger partial charge >= 0.3 is 0 Å². The molecular formula is C13H12F2S. The number of hydrogen-bond acceptors (Lipinski definition) is 1. The van der Waals surface area contributed by atoms with Gasteiger partial charge in [0.2, 0.25) is 0 Å². The number of rotatable bonds is 2. The lowest BCUT2D eigenvalue weighted by molar-refractivity contribution is 0.0175. The summed E-state index contributed by atoms with van der Waals surface area (Å²) in [6, 6.07) is 10.5. The van der Waals surface area contributed by atoms with Gasteiger partial charge in [0.15, 0.2) is 0 Å². The average Bonchev–Trinajstić information content (AvgIpc) is 2.64. The topological polar surface area (TPSA) is 0 Å². The molecule has 2 aromatic rings. The van der Waals surface area contributed by atoms with Crippen molar-refractivity contribution in [1.82, 2.24) is 0 Å². The molecule has 1 aromatic heterocycles. The van der Waals surface area contributed by atoms with Crippen molar-refractivity contribution in [2.45, 2.75) is 19.8 Å². The molecule has 0 radical (unpaired) electrons. The minimum absolute atomic E-state index is 0.0597. The number of hydrogen-bond donors (Lipinski definition) is 0. The molecule has 84 valence electrons. The van der Waals surface area contributed by atoms with Gasteiger partial charge in [-0.25, -0.2) is 8.78 Å². The van der Waals surface area contributed by atoms with Gasteiger partial charge in [-0.3, -0.25) is 0 Å². The lowest BCUT2D eigenvalue weighted by atomic mass is 10.1. The molecule has 16 heavy (non-hydrogen) atoms. The van der Waals surface area contributed by atoms with E-state index in [9.17, 15) is 8.78 Å². The van der Waals surface area contributed by atoms with E-state index in [1.807, 2.05) is 19.1 Å². The summed E-state index contributed by atoms with van der Waals surface area (Å²) >= 11 is 1.67. The van der Waals surface area contributed by atoms with Gasteiger partial charge in [0.1, 0.15) is 0 Å². The second-order valence-electron chi connectivity index (χ2n) is 3.88. The Balaban J connectivity index is 2.33. The van der Waals surface area contributed by atoms with Crippen LogP contribution in [0.4, 0.5) is 8.78 Å². The van der Waals surface area contributed by atoms with Crippen molar-refractivity contribution in [3.05, 3.63) is 46.8 Å². The van der Waals surface area contributed by atoms with Gasteiger partial charge in [0.05, 0.1) is 0 Å². The molecule has 2 rings (SSSR count). The van der Waals surface area contributed by atoms with E-state index in [0.717, 1.165) is 17.4 Å². The van der Waals surface area contributed by atoms with Crippen molar-refractivity contribution in [3.8, 4) is 10.4 Å². The number of benzene rings is 1. The number of alkyl halides is 2. The molecule has 0 unspecified atom stereocenters. The van der Waals surface area contributed by atoms with E-state index in [4.69, 9.17) is 0 Å². The molecule has 0 fully saturated rings.